The maximum atomic E-state index is 5.56. The third-order valence-electron chi connectivity index (χ3n) is 1.42. The fraction of sp³-hybridized carbons (Fsp3) is 0.818. The van der Waals surface area contributed by atoms with Gasteiger partial charge in [-0.05, 0) is 20.8 Å². The fourth-order valence-electron chi connectivity index (χ4n) is 0.830. The van der Waals surface area contributed by atoms with Gasteiger partial charge in [0, 0.05) is 18.8 Å². The predicted octanol–water partition coefficient (Wildman–Crippen LogP) is 1.76. The Balaban J connectivity index is 3.04. The minimum Gasteiger partial charge on any atom is -0.375 e. The second kappa shape index (κ2) is 8.16. The number of ether oxygens (including phenoxy) is 1. The molecule has 0 spiro atoms. The lowest BCUT2D eigenvalue weighted by atomic mass is 10.2. The summed E-state index contributed by atoms with van der Waals surface area (Å²) in [4.78, 5) is 0. The van der Waals surface area contributed by atoms with Gasteiger partial charge in [0.05, 0.1) is 18.0 Å². The van der Waals surface area contributed by atoms with E-state index in [1.807, 2.05) is 0 Å². The van der Waals surface area contributed by atoms with E-state index in [4.69, 9.17) is 11.2 Å². The highest BCUT2D eigenvalue weighted by Crippen LogP contribution is 2.05. The van der Waals surface area contributed by atoms with E-state index in [1.54, 1.807) is 11.8 Å². The van der Waals surface area contributed by atoms with Gasteiger partial charge in [0.25, 0.3) is 0 Å². The van der Waals surface area contributed by atoms with Gasteiger partial charge in [-0.2, -0.15) is 0 Å². The maximum absolute atomic E-state index is 5.56. The lowest BCUT2D eigenvalue weighted by Gasteiger charge is -2.19. The Kier molecular flexibility index (Phi) is 8.07. The average molecular weight is 215 g/mol. The normalized spacial score (nSPS) is 11.3. The first-order chi connectivity index (χ1) is 6.56. The first-order valence-electron chi connectivity index (χ1n) is 4.92. The van der Waals surface area contributed by atoms with Gasteiger partial charge in [0.15, 0.2) is 0 Å². The molecule has 0 aliphatic carbocycles. The fourth-order valence-corrected chi connectivity index (χ4v) is 1.38. The number of terminal acetylenes is 1. The van der Waals surface area contributed by atoms with Gasteiger partial charge in [0.1, 0.15) is 0 Å². The van der Waals surface area contributed by atoms with Crippen molar-refractivity contribution in [2.45, 2.75) is 26.4 Å². The summed E-state index contributed by atoms with van der Waals surface area (Å²) in [6.45, 7) is 8.87. The van der Waals surface area contributed by atoms with Crippen molar-refractivity contribution in [2.24, 2.45) is 0 Å². The molecular weight excluding hydrogens is 194 g/mol. The molecule has 0 bridgehead atoms. The molecule has 0 rings (SSSR count). The molecule has 0 aromatic rings. The van der Waals surface area contributed by atoms with Crippen LogP contribution in [0.4, 0.5) is 0 Å². The molecule has 0 fully saturated rings. The van der Waals surface area contributed by atoms with Crippen molar-refractivity contribution in [3.8, 4) is 12.3 Å². The summed E-state index contributed by atoms with van der Waals surface area (Å²) in [6, 6.07) is 0. The molecule has 0 amide bonds. The van der Waals surface area contributed by atoms with Crippen LogP contribution in [-0.4, -0.2) is 36.8 Å². The summed E-state index contributed by atoms with van der Waals surface area (Å²) in [5.74, 6) is 4.48. The van der Waals surface area contributed by atoms with Crippen LogP contribution in [-0.2, 0) is 4.74 Å². The Labute approximate surface area is 92.2 Å². The minimum atomic E-state index is -0.0279. The zero-order chi connectivity index (χ0) is 10.9. The summed E-state index contributed by atoms with van der Waals surface area (Å²) >= 11 is 1.78. The van der Waals surface area contributed by atoms with Crippen LogP contribution in [0, 0.1) is 12.3 Å². The van der Waals surface area contributed by atoms with Gasteiger partial charge in [-0.3, -0.25) is 0 Å². The largest absolute Gasteiger partial charge is 0.375 e. The van der Waals surface area contributed by atoms with Gasteiger partial charge in [-0.15, -0.1) is 18.2 Å². The molecule has 0 radical (unpaired) electrons. The molecule has 82 valence electrons. The van der Waals surface area contributed by atoms with E-state index in [1.165, 1.54) is 0 Å². The van der Waals surface area contributed by atoms with E-state index < -0.39 is 0 Å². The first-order valence-corrected chi connectivity index (χ1v) is 6.07. The molecule has 0 aromatic heterocycles. The molecule has 0 aliphatic heterocycles. The van der Waals surface area contributed by atoms with Gasteiger partial charge >= 0.3 is 0 Å². The standard InChI is InChI=1S/C11H21NOS/c1-5-9-14-10-7-12-6-8-13-11(2,3)4/h1,12H,6-10H2,2-4H3. The van der Waals surface area contributed by atoms with Gasteiger partial charge in [-0.1, -0.05) is 5.92 Å². The zero-order valence-electron chi connectivity index (χ0n) is 9.43. The summed E-state index contributed by atoms with van der Waals surface area (Å²) in [5, 5.41) is 3.30. The minimum absolute atomic E-state index is 0.0279. The third-order valence-corrected chi connectivity index (χ3v) is 2.29. The number of hydrogen-bond donors (Lipinski definition) is 1. The second-order valence-corrected chi connectivity index (χ2v) is 5.07. The quantitative estimate of drug-likeness (QED) is 0.516. The van der Waals surface area contributed by atoms with Crippen LogP contribution in [0.25, 0.3) is 0 Å². The van der Waals surface area contributed by atoms with Crippen molar-refractivity contribution >= 4 is 11.8 Å². The molecule has 0 aromatic carbocycles. The summed E-state index contributed by atoms with van der Waals surface area (Å²) in [7, 11) is 0. The molecule has 0 saturated heterocycles. The number of thioether (sulfide) groups is 1. The molecule has 0 heterocycles. The van der Waals surface area contributed by atoms with Crippen LogP contribution >= 0.6 is 11.8 Å². The summed E-state index contributed by atoms with van der Waals surface area (Å²) in [5.41, 5.74) is -0.0279. The highest BCUT2D eigenvalue weighted by atomic mass is 32.2. The smallest absolute Gasteiger partial charge is 0.0599 e. The number of rotatable bonds is 7. The van der Waals surface area contributed by atoms with Crippen LogP contribution < -0.4 is 5.32 Å². The Morgan fingerprint density at radius 1 is 1.36 bits per heavy atom. The molecule has 3 heteroatoms. The van der Waals surface area contributed by atoms with E-state index >= 15 is 0 Å². The average Bonchev–Trinajstić information content (AvgIpc) is 2.08. The molecule has 2 nitrogen and oxygen atoms in total. The Morgan fingerprint density at radius 3 is 2.64 bits per heavy atom. The van der Waals surface area contributed by atoms with E-state index in [9.17, 15) is 0 Å². The highest BCUT2D eigenvalue weighted by Gasteiger charge is 2.08. The number of hydrogen-bond acceptors (Lipinski definition) is 3. The predicted molar refractivity (Wildman–Crippen MR) is 64.7 cm³/mol. The molecule has 0 atom stereocenters. The van der Waals surface area contributed by atoms with E-state index in [0.717, 1.165) is 31.2 Å². The SMILES string of the molecule is C#CCSCCNCCOC(C)(C)C. The van der Waals surface area contributed by atoms with Crippen LogP contribution in [0.15, 0.2) is 0 Å². The monoisotopic (exact) mass is 215 g/mol. The highest BCUT2D eigenvalue weighted by molar-refractivity contribution is 7.99. The van der Waals surface area contributed by atoms with Crippen molar-refractivity contribution in [3.05, 3.63) is 0 Å². The van der Waals surface area contributed by atoms with Crippen LogP contribution in [0.1, 0.15) is 20.8 Å². The van der Waals surface area contributed by atoms with Crippen molar-refractivity contribution in [1.82, 2.24) is 5.32 Å². The molecule has 1 N–H and O–H groups in total. The zero-order valence-corrected chi connectivity index (χ0v) is 10.2. The molecule has 0 unspecified atom stereocenters. The lowest BCUT2D eigenvalue weighted by molar-refractivity contribution is -0.000607. The van der Waals surface area contributed by atoms with Crippen molar-refractivity contribution in [1.29, 1.82) is 0 Å². The van der Waals surface area contributed by atoms with E-state index in [0.29, 0.717) is 0 Å². The topological polar surface area (TPSA) is 21.3 Å². The van der Waals surface area contributed by atoms with Crippen LogP contribution in [0.2, 0.25) is 0 Å². The van der Waals surface area contributed by atoms with Crippen molar-refractivity contribution < 1.29 is 4.74 Å². The van der Waals surface area contributed by atoms with E-state index in [-0.39, 0.29) is 5.60 Å². The lowest BCUT2D eigenvalue weighted by Crippen LogP contribution is -2.27. The van der Waals surface area contributed by atoms with Gasteiger partial charge in [-0.25, -0.2) is 0 Å². The van der Waals surface area contributed by atoms with E-state index in [2.05, 4.69) is 32.0 Å². The molecular formula is C11H21NOS. The van der Waals surface area contributed by atoms with Gasteiger partial charge in [0.2, 0.25) is 0 Å². The first kappa shape index (κ1) is 13.8. The second-order valence-electron chi connectivity index (χ2n) is 3.97. The molecule has 14 heavy (non-hydrogen) atoms. The summed E-state index contributed by atoms with van der Waals surface area (Å²) < 4.78 is 5.56. The molecule has 0 saturated carbocycles. The van der Waals surface area contributed by atoms with Crippen molar-refractivity contribution in [3.63, 3.8) is 0 Å². The Bertz CT molecular complexity index is 169. The third kappa shape index (κ3) is 11.8. The number of nitrogens with one attached hydrogen (secondary N) is 1. The van der Waals surface area contributed by atoms with Gasteiger partial charge < -0.3 is 10.1 Å². The Morgan fingerprint density at radius 2 is 2.07 bits per heavy atom. The van der Waals surface area contributed by atoms with Crippen LogP contribution in [0.3, 0.4) is 0 Å². The van der Waals surface area contributed by atoms with Crippen LogP contribution in [0.5, 0.6) is 0 Å². The van der Waals surface area contributed by atoms with Crippen molar-refractivity contribution in [2.75, 3.05) is 31.2 Å². The summed E-state index contributed by atoms with van der Waals surface area (Å²) in [6.07, 6.45) is 5.13. The Hall–Kier alpha value is -0.170. The molecule has 0 aliphatic rings. The maximum Gasteiger partial charge on any atom is 0.0599 e.